The number of fused-ring (bicyclic) bond motifs is 3. The Morgan fingerprint density at radius 1 is 1.06 bits per heavy atom. The lowest BCUT2D eigenvalue weighted by Crippen LogP contribution is -2.27. The molecule has 3 heterocycles. The minimum Gasteiger partial charge on any atom is -0.325 e. The summed E-state index contributed by atoms with van der Waals surface area (Å²) < 4.78 is 1.76. The Morgan fingerprint density at radius 2 is 1.79 bits per heavy atom. The van der Waals surface area contributed by atoms with E-state index in [1.165, 1.54) is 29.2 Å². The van der Waals surface area contributed by atoms with Gasteiger partial charge >= 0.3 is 0 Å². The minimum absolute atomic E-state index is 0.0488. The summed E-state index contributed by atoms with van der Waals surface area (Å²) in [4.78, 5) is 47.1. The van der Waals surface area contributed by atoms with Gasteiger partial charge in [-0.15, -0.1) is 11.3 Å². The van der Waals surface area contributed by atoms with Gasteiger partial charge in [-0.1, -0.05) is 30.3 Å². The number of Topliss-reactive ketones (excluding diaryl/α,β-unsaturated/α-hetero) is 1. The van der Waals surface area contributed by atoms with Crippen LogP contribution >= 0.6 is 11.3 Å². The first kappa shape index (κ1) is 21.7. The fraction of sp³-hybridized carbons (Fsp3) is 0.115. The van der Waals surface area contributed by atoms with Crippen molar-refractivity contribution in [3.63, 3.8) is 0 Å². The molecule has 5 aromatic rings. The molecule has 1 N–H and O–H groups in total. The molecule has 0 spiro atoms. The van der Waals surface area contributed by atoms with Gasteiger partial charge in [-0.25, -0.2) is 9.97 Å². The van der Waals surface area contributed by atoms with Crippen molar-refractivity contribution in [3.8, 4) is 11.1 Å². The van der Waals surface area contributed by atoms with E-state index in [1.54, 1.807) is 24.3 Å². The standard InChI is InChI=1S/C26H20N4O3S/c1-15-12-20(18-6-4-3-5-7-18)22-23-24(34-25(22)28-15)26(33)30(14-27-23)13-21(32)29-19-10-8-17(9-11-19)16(2)31/h3-12,14H,13H2,1-2H3,(H,29,32). The van der Waals surface area contributed by atoms with Gasteiger partial charge in [-0.05, 0) is 55.3 Å². The van der Waals surface area contributed by atoms with Crippen molar-refractivity contribution in [3.05, 3.63) is 88.6 Å². The highest BCUT2D eigenvalue weighted by molar-refractivity contribution is 7.25. The number of ketones is 1. The SMILES string of the molecule is CC(=O)c1ccc(NC(=O)Cn2cnc3c(sc4nc(C)cc(-c5ccccc5)c43)c2=O)cc1. The number of rotatable bonds is 5. The van der Waals surface area contributed by atoms with Crippen LogP contribution in [-0.2, 0) is 11.3 Å². The number of hydrogen-bond acceptors (Lipinski definition) is 6. The molecule has 0 aliphatic heterocycles. The summed E-state index contributed by atoms with van der Waals surface area (Å²) in [5.74, 6) is -0.411. The van der Waals surface area contributed by atoms with Crippen LogP contribution in [0.3, 0.4) is 0 Å². The maximum atomic E-state index is 13.2. The molecule has 168 valence electrons. The Kier molecular flexibility index (Phi) is 5.51. The van der Waals surface area contributed by atoms with Crippen LogP contribution in [0.1, 0.15) is 23.0 Å². The zero-order chi connectivity index (χ0) is 23.8. The summed E-state index contributed by atoms with van der Waals surface area (Å²) in [6.45, 7) is 3.23. The highest BCUT2D eigenvalue weighted by atomic mass is 32.1. The van der Waals surface area contributed by atoms with E-state index in [-0.39, 0.29) is 23.8 Å². The third-order valence-corrected chi connectivity index (χ3v) is 6.58. The van der Waals surface area contributed by atoms with Gasteiger partial charge < -0.3 is 5.32 Å². The largest absolute Gasteiger partial charge is 0.325 e. The van der Waals surface area contributed by atoms with Crippen LogP contribution < -0.4 is 10.9 Å². The van der Waals surface area contributed by atoms with Crippen LogP contribution in [0.2, 0.25) is 0 Å². The van der Waals surface area contributed by atoms with E-state index in [2.05, 4.69) is 15.3 Å². The molecule has 0 aliphatic carbocycles. The van der Waals surface area contributed by atoms with Gasteiger partial charge in [-0.3, -0.25) is 19.0 Å². The average molecular weight is 469 g/mol. The Balaban J connectivity index is 1.50. The lowest BCUT2D eigenvalue weighted by atomic mass is 10.0. The van der Waals surface area contributed by atoms with Crippen LogP contribution in [-0.4, -0.2) is 26.2 Å². The summed E-state index contributed by atoms with van der Waals surface area (Å²) in [7, 11) is 0. The summed E-state index contributed by atoms with van der Waals surface area (Å²) >= 11 is 1.29. The highest BCUT2D eigenvalue weighted by Gasteiger charge is 2.18. The monoisotopic (exact) mass is 468 g/mol. The number of nitrogens with one attached hydrogen (secondary N) is 1. The molecule has 1 amide bonds. The van der Waals surface area contributed by atoms with Gasteiger partial charge in [0.2, 0.25) is 5.91 Å². The zero-order valence-electron chi connectivity index (χ0n) is 18.5. The third kappa shape index (κ3) is 3.99. The number of anilines is 1. The van der Waals surface area contributed by atoms with Crippen LogP contribution in [0, 0.1) is 6.92 Å². The van der Waals surface area contributed by atoms with E-state index >= 15 is 0 Å². The van der Waals surface area contributed by atoms with Crippen LogP contribution in [0.25, 0.3) is 31.6 Å². The second-order valence-electron chi connectivity index (χ2n) is 8.00. The Morgan fingerprint density at radius 3 is 2.50 bits per heavy atom. The van der Waals surface area contributed by atoms with Crippen molar-refractivity contribution in [2.45, 2.75) is 20.4 Å². The number of aryl methyl sites for hydroxylation is 1. The van der Waals surface area contributed by atoms with Crippen molar-refractivity contribution >= 4 is 49.1 Å². The second kappa shape index (κ2) is 8.64. The average Bonchev–Trinajstić information content (AvgIpc) is 3.20. The van der Waals surface area contributed by atoms with Crippen molar-refractivity contribution in [2.75, 3.05) is 5.32 Å². The number of pyridine rings is 1. The first-order valence-corrected chi connectivity index (χ1v) is 11.5. The molecule has 0 saturated heterocycles. The molecule has 34 heavy (non-hydrogen) atoms. The number of aromatic nitrogens is 3. The molecule has 0 radical (unpaired) electrons. The normalized spacial score (nSPS) is 11.1. The molecule has 0 unspecified atom stereocenters. The first-order valence-electron chi connectivity index (χ1n) is 10.7. The maximum absolute atomic E-state index is 13.2. The number of carbonyl (C=O) groups is 2. The third-order valence-electron chi connectivity index (χ3n) is 5.52. The van der Waals surface area contributed by atoms with Gasteiger partial charge in [0.1, 0.15) is 16.1 Å². The smallest absolute Gasteiger partial charge is 0.271 e. The maximum Gasteiger partial charge on any atom is 0.271 e. The Bertz CT molecular complexity index is 1620. The van der Waals surface area contributed by atoms with Crippen LogP contribution in [0.15, 0.2) is 71.8 Å². The van der Waals surface area contributed by atoms with E-state index in [1.807, 2.05) is 43.3 Å². The fourth-order valence-corrected chi connectivity index (χ4v) is 5.03. The number of carbonyl (C=O) groups excluding carboxylic acids is 2. The fourth-order valence-electron chi connectivity index (χ4n) is 3.89. The molecule has 3 aromatic heterocycles. The predicted octanol–water partition coefficient (Wildman–Crippen LogP) is 4.82. The summed E-state index contributed by atoms with van der Waals surface area (Å²) in [6.07, 6.45) is 1.41. The molecule has 2 aromatic carbocycles. The lowest BCUT2D eigenvalue weighted by molar-refractivity contribution is -0.116. The predicted molar refractivity (Wildman–Crippen MR) is 134 cm³/mol. The summed E-state index contributed by atoms with van der Waals surface area (Å²) in [5, 5.41) is 3.59. The van der Waals surface area contributed by atoms with Crippen molar-refractivity contribution < 1.29 is 9.59 Å². The molecule has 5 rings (SSSR count). The first-order chi connectivity index (χ1) is 16.4. The minimum atomic E-state index is -0.362. The van der Waals surface area contributed by atoms with Gasteiger partial charge in [-0.2, -0.15) is 0 Å². The Hall–Kier alpha value is -4.17. The number of amides is 1. The highest BCUT2D eigenvalue weighted by Crippen LogP contribution is 2.37. The van der Waals surface area contributed by atoms with Gasteiger partial charge in [0.15, 0.2) is 5.78 Å². The van der Waals surface area contributed by atoms with Crippen molar-refractivity contribution in [2.24, 2.45) is 0 Å². The Labute approximate surface area is 198 Å². The van der Waals surface area contributed by atoms with E-state index in [0.717, 1.165) is 27.0 Å². The van der Waals surface area contributed by atoms with E-state index < -0.39 is 0 Å². The topological polar surface area (TPSA) is 93.9 Å². The molecule has 8 heteroatoms. The number of nitrogens with zero attached hydrogens (tertiary/aromatic N) is 3. The quantitative estimate of drug-likeness (QED) is 0.373. The number of thiophene rings is 1. The molecule has 7 nitrogen and oxygen atoms in total. The molecule has 0 atom stereocenters. The van der Waals surface area contributed by atoms with Crippen LogP contribution in [0.5, 0.6) is 0 Å². The van der Waals surface area contributed by atoms with E-state index in [4.69, 9.17) is 0 Å². The zero-order valence-corrected chi connectivity index (χ0v) is 19.3. The molecular weight excluding hydrogens is 448 g/mol. The molecule has 0 aliphatic rings. The van der Waals surface area contributed by atoms with Crippen LogP contribution in [0.4, 0.5) is 5.69 Å². The summed E-state index contributed by atoms with van der Waals surface area (Å²) in [5.41, 5.74) is 4.27. The van der Waals surface area contributed by atoms with E-state index in [0.29, 0.717) is 21.5 Å². The molecular formula is C26H20N4O3S. The number of hydrogen-bond donors (Lipinski definition) is 1. The van der Waals surface area contributed by atoms with Gasteiger partial charge in [0.25, 0.3) is 5.56 Å². The molecule has 0 fully saturated rings. The van der Waals surface area contributed by atoms with Crippen molar-refractivity contribution in [1.29, 1.82) is 0 Å². The van der Waals surface area contributed by atoms with E-state index in [9.17, 15) is 14.4 Å². The van der Waals surface area contributed by atoms with Gasteiger partial charge in [0, 0.05) is 22.3 Å². The second-order valence-corrected chi connectivity index (χ2v) is 9.00. The van der Waals surface area contributed by atoms with Gasteiger partial charge in [0.05, 0.1) is 11.8 Å². The summed E-state index contributed by atoms with van der Waals surface area (Å²) in [6, 6.07) is 18.5. The lowest BCUT2D eigenvalue weighted by Gasteiger charge is -2.08. The molecule has 0 saturated carbocycles. The molecule has 0 bridgehead atoms. The number of benzene rings is 2. The van der Waals surface area contributed by atoms with Crippen molar-refractivity contribution in [1.82, 2.24) is 14.5 Å².